The van der Waals surface area contributed by atoms with Crippen LogP contribution >= 0.6 is 0 Å². The third-order valence-corrected chi connectivity index (χ3v) is 3.48. The second kappa shape index (κ2) is 5.48. The molecule has 0 saturated carbocycles. The molecule has 1 aliphatic rings. The molecule has 0 aromatic heterocycles. The van der Waals surface area contributed by atoms with Crippen molar-refractivity contribution in [3.05, 3.63) is 34.9 Å². The van der Waals surface area contributed by atoms with Crippen molar-refractivity contribution in [3.63, 3.8) is 0 Å². The number of rotatable bonds is 4. The molecule has 0 bridgehead atoms. The standard InChI is InChI=1S/C13H17F3N2O/c1-19-6-5-18-8-10-9(12(18)7-17)3-2-4-11(10)13(14,15)16/h2-4,12H,5-8,17H2,1H3. The van der Waals surface area contributed by atoms with E-state index in [9.17, 15) is 13.2 Å². The van der Waals surface area contributed by atoms with Gasteiger partial charge in [0, 0.05) is 32.8 Å². The molecule has 0 fully saturated rings. The van der Waals surface area contributed by atoms with E-state index in [0.29, 0.717) is 30.8 Å². The van der Waals surface area contributed by atoms with E-state index in [-0.39, 0.29) is 12.6 Å². The Morgan fingerprint density at radius 1 is 1.42 bits per heavy atom. The van der Waals surface area contributed by atoms with Gasteiger partial charge in [-0.05, 0) is 17.2 Å². The molecule has 1 aromatic rings. The number of fused-ring (bicyclic) bond motifs is 1. The summed E-state index contributed by atoms with van der Waals surface area (Å²) in [6, 6.07) is 4.15. The van der Waals surface area contributed by atoms with Gasteiger partial charge in [-0.1, -0.05) is 12.1 Å². The van der Waals surface area contributed by atoms with Crippen molar-refractivity contribution >= 4 is 0 Å². The maximum Gasteiger partial charge on any atom is 0.416 e. The molecule has 0 radical (unpaired) electrons. The van der Waals surface area contributed by atoms with Gasteiger partial charge in [0.25, 0.3) is 0 Å². The van der Waals surface area contributed by atoms with Crippen molar-refractivity contribution < 1.29 is 17.9 Å². The second-order valence-corrected chi connectivity index (χ2v) is 4.59. The molecule has 0 amide bonds. The predicted octanol–water partition coefficient (Wildman–Crippen LogP) is 2.17. The van der Waals surface area contributed by atoms with E-state index < -0.39 is 11.7 Å². The van der Waals surface area contributed by atoms with Gasteiger partial charge in [0.15, 0.2) is 0 Å². The minimum Gasteiger partial charge on any atom is -0.383 e. The average molecular weight is 274 g/mol. The van der Waals surface area contributed by atoms with Crippen LogP contribution in [0.25, 0.3) is 0 Å². The number of nitrogens with two attached hydrogens (primary N) is 1. The zero-order valence-corrected chi connectivity index (χ0v) is 10.7. The number of halogens is 3. The maximum absolute atomic E-state index is 13.0. The summed E-state index contributed by atoms with van der Waals surface area (Å²) in [6.45, 7) is 1.63. The number of methoxy groups -OCH3 is 1. The molecule has 2 rings (SSSR count). The summed E-state index contributed by atoms with van der Waals surface area (Å²) in [5.74, 6) is 0. The normalized spacial score (nSPS) is 19.7. The summed E-state index contributed by atoms with van der Waals surface area (Å²) in [5.41, 5.74) is 6.19. The fraction of sp³-hybridized carbons (Fsp3) is 0.538. The lowest BCUT2D eigenvalue weighted by Gasteiger charge is -2.23. The number of hydrogen-bond donors (Lipinski definition) is 1. The van der Waals surface area contributed by atoms with E-state index in [0.717, 1.165) is 6.07 Å². The van der Waals surface area contributed by atoms with E-state index in [4.69, 9.17) is 10.5 Å². The molecule has 6 heteroatoms. The lowest BCUT2D eigenvalue weighted by atomic mass is 9.99. The number of nitrogens with zero attached hydrogens (tertiary/aromatic N) is 1. The van der Waals surface area contributed by atoms with Crippen LogP contribution in [0.1, 0.15) is 22.7 Å². The van der Waals surface area contributed by atoms with Gasteiger partial charge >= 0.3 is 6.18 Å². The van der Waals surface area contributed by atoms with Crippen LogP contribution in [0.5, 0.6) is 0 Å². The zero-order chi connectivity index (χ0) is 14.0. The van der Waals surface area contributed by atoms with E-state index in [1.165, 1.54) is 6.07 Å². The number of hydrogen-bond acceptors (Lipinski definition) is 3. The van der Waals surface area contributed by atoms with Crippen molar-refractivity contribution in [2.45, 2.75) is 18.8 Å². The number of ether oxygens (including phenoxy) is 1. The Hall–Kier alpha value is -1.11. The third kappa shape index (κ3) is 2.75. The Kier molecular flexibility index (Phi) is 4.13. The molecule has 3 nitrogen and oxygen atoms in total. The average Bonchev–Trinajstić information content (AvgIpc) is 2.71. The predicted molar refractivity (Wildman–Crippen MR) is 65.5 cm³/mol. The summed E-state index contributed by atoms with van der Waals surface area (Å²) in [4.78, 5) is 1.93. The molecule has 0 saturated heterocycles. The molecule has 1 aromatic carbocycles. The highest BCUT2D eigenvalue weighted by Crippen LogP contribution is 2.40. The maximum atomic E-state index is 13.0. The molecular formula is C13H17F3N2O. The summed E-state index contributed by atoms with van der Waals surface area (Å²) in [5, 5.41) is 0. The molecule has 1 atom stereocenters. The van der Waals surface area contributed by atoms with Gasteiger partial charge < -0.3 is 10.5 Å². The molecule has 1 heterocycles. The van der Waals surface area contributed by atoms with Crippen molar-refractivity contribution in [2.75, 3.05) is 26.8 Å². The van der Waals surface area contributed by atoms with Crippen LogP contribution in [0.15, 0.2) is 18.2 Å². The van der Waals surface area contributed by atoms with Crippen molar-refractivity contribution in [1.29, 1.82) is 0 Å². The van der Waals surface area contributed by atoms with Crippen LogP contribution in [0.3, 0.4) is 0 Å². The first-order valence-corrected chi connectivity index (χ1v) is 6.11. The highest BCUT2D eigenvalue weighted by Gasteiger charge is 2.39. The Morgan fingerprint density at radius 2 is 2.16 bits per heavy atom. The molecule has 106 valence electrons. The quantitative estimate of drug-likeness (QED) is 0.914. The summed E-state index contributed by atoms with van der Waals surface area (Å²) in [7, 11) is 1.57. The fourth-order valence-electron chi connectivity index (χ4n) is 2.59. The van der Waals surface area contributed by atoms with Crippen LogP contribution in [-0.2, 0) is 17.5 Å². The molecule has 0 spiro atoms. The Labute approximate surface area is 110 Å². The first-order valence-electron chi connectivity index (χ1n) is 6.11. The molecule has 1 aliphatic heterocycles. The molecule has 2 N–H and O–H groups in total. The monoisotopic (exact) mass is 274 g/mol. The molecular weight excluding hydrogens is 257 g/mol. The summed E-state index contributed by atoms with van der Waals surface area (Å²) < 4.78 is 43.9. The Morgan fingerprint density at radius 3 is 2.74 bits per heavy atom. The van der Waals surface area contributed by atoms with E-state index >= 15 is 0 Å². The lowest BCUT2D eigenvalue weighted by Crippen LogP contribution is -2.30. The number of benzene rings is 1. The highest BCUT2D eigenvalue weighted by atomic mass is 19.4. The van der Waals surface area contributed by atoms with E-state index in [1.54, 1.807) is 13.2 Å². The largest absolute Gasteiger partial charge is 0.416 e. The zero-order valence-electron chi connectivity index (χ0n) is 10.7. The smallest absolute Gasteiger partial charge is 0.383 e. The Balaban J connectivity index is 2.34. The SMILES string of the molecule is COCCN1Cc2c(cccc2C(F)(F)F)C1CN. The minimum atomic E-state index is -4.32. The molecule has 0 aliphatic carbocycles. The van der Waals surface area contributed by atoms with Gasteiger partial charge in [-0.2, -0.15) is 13.2 Å². The lowest BCUT2D eigenvalue weighted by molar-refractivity contribution is -0.138. The van der Waals surface area contributed by atoms with E-state index in [2.05, 4.69) is 0 Å². The van der Waals surface area contributed by atoms with Crippen LogP contribution in [-0.4, -0.2) is 31.7 Å². The van der Waals surface area contributed by atoms with Crippen LogP contribution < -0.4 is 5.73 Å². The highest BCUT2D eigenvalue weighted by molar-refractivity contribution is 5.42. The van der Waals surface area contributed by atoms with Gasteiger partial charge in [0.2, 0.25) is 0 Å². The summed E-state index contributed by atoms with van der Waals surface area (Å²) in [6.07, 6.45) is -4.32. The van der Waals surface area contributed by atoms with Gasteiger partial charge in [-0.25, -0.2) is 0 Å². The Bertz CT molecular complexity index is 448. The van der Waals surface area contributed by atoms with Crippen LogP contribution in [0, 0.1) is 0 Å². The number of alkyl halides is 3. The van der Waals surface area contributed by atoms with Gasteiger partial charge in [-0.3, -0.25) is 4.90 Å². The first kappa shape index (κ1) is 14.3. The topological polar surface area (TPSA) is 38.5 Å². The van der Waals surface area contributed by atoms with Crippen molar-refractivity contribution in [1.82, 2.24) is 4.90 Å². The van der Waals surface area contributed by atoms with Crippen LogP contribution in [0.2, 0.25) is 0 Å². The fourth-order valence-corrected chi connectivity index (χ4v) is 2.59. The first-order chi connectivity index (χ1) is 8.99. The van der Waals surface area contributed by atoms with Gasteiger partial charge in [0.1, 0.15) is 0 Å². The summed E-state index contributed by atoms with van der Waals surface area (Å²) >= 11 is 0. The van der Waals surface area contributed by atoms with Crippen molar-refractivity contribution in [3.8, 4) is 0 Å². The minimum absolute atomic E-state index is 0.160. The molecule has 19 heavy (non-hydrogen) atoms. The molecule has 1 unspecified atom stereocenters. The van der Waals surface area contributed by atoms with Crippen molar-refractivity contribution in [2.24, 2.45) is 5.73 Å². The van der Waals surface area contributed by atoms with Gasteiger partial charge in [0.05, 0.1) is 12.2 Å². The van der Waals surface area contributed by atoms with Crippen LogP contribution in [0.4, 0.5) is 13.2 Å². The third-order valence-electron chi connectivity index (χ3n) is 3.48. The van der Waals surface area contributed by atoms with Gasteiger partial charge in [-0.15, -0.1) is 0 Å². The van der Waals surface area contributed by atoms with E-state index in [1.807, 2.05) is 4.90 Å². The second-order valence-electron chi connectivity index (χ2n) is 4.59.